The molecule has 2 aliphatic heterocycles. The van der Waals surface area contributed by atoms with E-state index in [1.807, 2.05) is 18.7 Å². The quantitative estimate of drug-likeness (QED) is 0.674. The van der Waals surface area contributed by atoms with Crippen molar-refractivity contribution in [3.63, 3.8) is 0 Å². The number of hydrogen-bond acceptors (Lipinski definition) is 2. The Morgan fingerprint density at radius 2 is 1.86 bits per heavy atom. The molecule has 1 spiro atoms. The molecule has 3 heteroatoms. The van der Waals surface area contributed by atoms with Crippen LogP contribution in [0, 0.1) is 11.3 Å². The first-order chi connectivity index (χ1) is 6.63. The van der Waals surface area contributed by atoms with E-state index in [1.165, 1.54) is 12.8 Å². The molecule has 0 aromatic carbocycles. The van der Waals surface area contributed by atoms with Crippen LogP contribution in [-0.2, 0) is 4.79 Å². The van der Waals surface area contributed by atoms with Crippen molar-refractivity contribution in [3.05, 3.63) is 0 Å². The maximum atomic E-state index is 11.7. The zero-order valence-corrected chi connectivity index (χ0v) is 9.18. The van der Waals surface area contributed by atoms with Crippen LogP contribution >= 0.6 is 0 Å². The molecule has 14 heavy (non-hydrogen) atoms. The largest absolute Gasteiger partial charge is 0.341 e. The molecule has 0 aliphatic carbocycles. The number of carbonyl (C=O) groups excluding carboxylic acids is 1. The summed E-state index contributed by atoms with van der Waals surface area (Å²) in [6.45, 7) is 8.23. The molecule has 0 aromatic rings. The first-order valence-electron chi connectivity index (χ1n) is 5.62. The van der Waals surface area contributed by atoms with Gasteiger partial charge in [-0.05, 0) is 25.9 Å². The van der Waals surface area contributed by atoms with Crippen LogP contribution in [-0.4, -0.2) is 37.0 Å². The van der Waals surface area contributed by atoms with Crippen LogP contribution in [0.3, 0.4) is 0 Å². The van der Waals surface area contributed by atoms with Crippen molar-refractivity contribution in [2.45, 2.75) is 26.7 Å². The molecule has 80 valence electrons. The second kappa shape index (κ2) is 3.54. The van der Waals surface area contributed by atoms with Crippen LogP contribution in [0.4, 0.5) is 0 Å². The molecular weight excluding hydrogens is 176 g/mol. The van der Waals surface area contributed by atoms with Crippen molar-refractivity contribution in [2.75, 3.05) is 26.2 Å². The van der Waals surface area contributed by atoms with Gasteiger partial charge in [0.05, 0.1) is 0 Å². The number of hydrogen-bond donors (Lipinski definition) is 1. The lowest BCUT2D eigenvalue weighted by Crippen LogP contribution is -2.62. The zero-order chi connectivity index (χ0) is 10.2. The van der Waals surface area contributed by atoms with Gasteiger partial charge in [0.1, 0.15) is 0 Å². The molecule has 0 saturated carbocycles. The third-order valence-corrected chi connectivity index (χ3v) is 3.52. The highest BCUT2D eigenvalue weighted by Crippen LogP contribution is 2.39. The van der Waals surface area contributed by atoms with Crippen molar-refractivity contribution < 1.29 is 4.79 Å². The normalized spacial score (nSPS) is 25.2. The molecule has 0 unspecified atom stereocenters. The summed E-state index contributed by atoms with van der Waals surface area (Å²) in [6.07, 6.45) is 2.49. The minimum absolute atomic E-state index is 0.161. The van der Waals surface area contributed by atoms with Crippen LogP contribution in [0.15, 0.2) is 0 Å². The Morgan fingerprint density at radius 1 is 1.29 bits per heavy atom. The van der Waals surface area contributed by atoms with Crippen LogP contribution in [0.25, 0.3) is 0 Å². The number of piperidine rings is 1. The molecule has 2 heterocycles. The highest BCUT2D eigenvalue weighted by Gasteiger charge is 2.45. The number of nitrogens with one attached hydrogen (secondary N) is 1. The molecule has 2 saturated heterocycles. The summed E-state index contributed by atoms with van der Waals surface area (Å²) in [7, 11) is 0. The van der Waals surface area contributed by atoms with Gasteiger partial charge in [0.25, 0.3) is 0 Å². The number of rotatable bonds is 1. The van der Waals surface area contributed by atoms with Gasteiger partial charge in [-0.15, -0.1) is 0 Å². The van der Waals surface area contributed by atoms with Gasteiger partial charge in [-0.3, -0.25) is 4.79 Å². The van der Waals surface area contributed by atoms with Crippen LogP contribution < -0.4 is 5.32 Å². The number of carbonyl (C=O) groups is 1. The fourth-order valence-electron chi connectivity index (χ4n) is 2.56. The maximum absolute atomic E-state index is 11.7. The third-order valence-electron chi connectivity index (χ3n) is 3.52. The predicted molar refractivity (Wildman–Crippen MR) is 56.0 cm³/mol. The topological polar surface area (TPSA) is 32.3 Å². The van der Waals surface area contributed by atoms with E-state index in [0.29, 0.717) is 11.3 Å². The summed E-state index contributed by atoms with van der Waals surface area (Å²) in [5, 5.41) is 3.37. The van der Waals surface area contributed by atoms with Gasteiger partial charge in [0, 0.05) is 24.4 Å². The summed E-state index contributed by atoms with van der Waals surface area (Å²) in [5.41, 5.74) is 0.482. The van der Waals surface area contributed by atoms with Crippen LogP contribution in [0.5, 0.6) is 0 Å². The lowest BCUT2D eigenvalue weighted by Gasteiger charge is -2.53. The Morgan fingerprint density at radius 3 is 2.36 bits per heavy atom. The van der Waals surface area contributed by atoms with E-state index >= 15 is 0 Å². The average Bonchev–Trinajstić information content (AvgIpc) is 2.14. The first-order valence-corrected chi connectivity index (χ1v) is 5.62. The van der Waals surface area contributed by atoms with Gasteiger partial charge in [-0.2, -0.15) is 0 Å². The Bertz CT molecular complexity index is 223. The smallest absolute Gasteiger partial charge is 0.225 e. The Hall–Kier alpha value is -0.570. The first kappa shape index (κ1) is 9.97. The minimum Gasteiger partial charge on any atom is -0.341 e. The second-order valence-electron chi connectivity index (χ2n) is 5.10. The SMILES string of the molecule is CC(C)C(=O)N1CC2(CCNCC2)C1. The fraction of sp³-hybridized carbons (Fsp3) is 0.909. The van der Waals surface area contributed by atoms with E-state index in [4.69, 9.17) is 0 Å². The molecule has 0 atom stereocenters. The summed E-state index contributed by atoms with van der Waals surface area (Å²) in [6, 6.07) is 0. The number of likely N-dealkylation sites (tertiary alicyclic amines) is 1. The van der Waals surface area contributed by atoms with Gasteiger partial charge in [-0.25, -0.2) is 0 Å². The van der Waals surface area contributed by atoms with E-state index in [2.05, 4.69) is 5.32 Å². The number of nitrogens with zero attached hydrogens (tertiary/aromatic N) is 1. The predicted octanol–water partition coefficient (Wildman–Crippen LogP) is 0.854. The fourth-order valence-corrected chi connectivity index (χ4v) is 2.56. The molecule has 0 bridgehead atoms. The Balaban J connectivity index is 1.85. The molecule has 2 fully saturated rings. The molecule has 2 rings (SSSR count). The highest BCUT2D eigenvalue weighted by molar-refractivity contribution is 5.79. The molecule has 3 nitrogen and oxygen atoms in total. The summed E-state index contributed by atoms with van der Waals surface area (Å²) in [5.74, 6) is 0.489. The van der Waals surface area contributed by atoms with Gasteiger partial charge in [0.2, 0.25) is 5.91 Å². The van der Waals surface area contributed by atoms with Gasteiger partial charge >= 0.3 is 0 Å². The van der Waals surface area contributed by atoms with Gasteiger partial charge in [-0.1, -0.05) is 13.8 Å². The van der Waals surface area contributed by atoms with Crippen molar-refractivity contribution in [1.82, 2.24) is 10.2 Å². The molecular formula is C11H20N2O. The maximum Gasteiger partial charge on any atom is 0.225 e. The van der Waals surface area contributed by atoms with E-state index in [9.17, 15) is 4.79 Å². The molecule has 1 N–H and O–H groups in total. The zero-order valence-electron chi connectivity index (χ0n) is 9.18. The molecule has 2 aliphatic rings. The lowest BCUT2D eigenvalue weighted by molar-refractivity contribution is -0.148. The minimum atomic E-state index is 0.161. The Kier molecular flexibility index (Phi) is 2.52. The summed E-state index contributed by atoms with van der Waals surface area (Å²) >= 11 is 0. The summed E-state index contributed by atoms with van der Waals surface area (Å²) in [4.78, 5) is 13.7. The average molecular weight is 196 g/mol. The molecule has 0 radical (unpaired) electrons. The van der Waals surface area contributed by atoms with Crippen LogP contribution in [0.2, 0.25) is 0 Å². The van der Waals surface area contributed by atoms with E-state index in [0.717, 1.165) is 26.2 Å². The standard InChI is InChI=1S/C11H20N2O/c1-9(2)10(14)13-7-11(8-13)3-5-12-6-4-11/h9,12H,3-8H2,1-2H3. The van der Waals surface area contributed by atoms with Crippen molar-refractivity contribution in [2.24, 2.45) is 11.3 Å². The van der Waals surface area contributed by atoms with Gasteiger partial charge < -0.3 is 10.2 Å². The monoisotopic (exact) mass is 196 g/mol. The third kappa shape index (κ3) is 1.65. The highest BCUT2D eigenvalue weighted by atomic mass is 16.2. The molecule has 1 amide bonds. The summed E-state index contributed by atoms with van der Waals surface area (Å²) < 4.78 is 0. The Labute approximate surface area is 85.8 Å². The molecule has 0 aromatic heterocycles. The second-order valence-corrected chi connectivity index (χ2v) is 5.10. The van der Waals surface area contributed by atoms with Crippen LogP contribution in [0.1, 0.15) is 26.7 Å². The van der Waals surface area contributed by atoms with E-state index < -0.39 is 0 Å². The van der Waals surface area contributed by atoms with E-state index in [1.54, 1.807) is 0 Å². The van der Waals surface area contributed by atoms with Gasteiger partial charge in [0.15, 0.2) is 0 Å². The van der Waals surface area contributed by atoms with Crippen molar-refractivity contribution in [3.8, 4) is 0 Å². The van der Waals surface area contributed by atoms with E-state index in [-0.39, 0.29) is 5.92 Å². The lowest BCUT2D eigenvalue weighted by atomic mass is 9.72. The number of amides is 1. The van der Waals surface area contributed by atoms with Crippen molar-refractivity contribution in [1.29, 1.82) is 0 Å². The van der Waals surface area contributed by atoms with Crippen molar-refractivity contribution >= 4 is 5.91 Å².